The van der Waals surface area contributed by atoms with Gasteiger partial charge in [0.15, 0.2) is 0 Å². The predicted octanol–water partition coefficient (Wildman–Crippen LogP) is 1.91. The number of nitrogens with zero attached hydrogens (tertiary/aromatic N) is 4. The van der Waals surface area contributed by atoms with Crippen molar-refractivity contribution in [3.8, 4) is 0 Å². The first-order valence-corrected chi connectivity index (χ1v) is 5.12. The molecule has 68 valence electrons. The summed E-state index contributed by atoms with van der Waals surface area (Å²) in [7, 11) is 1.85. The lowest BCUT2D eigenvalue weighted by molar-refractivity contribution is 0.780. The molecular weight excluding hydrogens is 255 g/mol. The van der Waals surface area contributed by atoms with Crippen molar-refractivity contribution in [2.75, 3.05) is 0 Å². The second kappa shape index (κ2) is 3.23. The Kier molecular flexibility index (Phi) is 2.21. The summed E-state index contributed by atoms with van der Waals surface area (Å²) in [5, 5.41) is 5.17. The summed E-state index contributed by atoms with van der Waals surface area (Å²) in [4.78, 5) is 8.00. The van der Waals surface area contributed by atoms with E-state index < -0.39 is 0 Å². The van der Waals surface area contributed by atoms with E-state index >= 15 is 0 Å². The van der Waals surface area contributed by atoms with Crippen LogP contribution in [-0.4, -0.2) is 19.7 Å². The second-order valence-corrected chi connectivity index (χ2v) is 3.48. The molecule has 0 aliphatic rings. The smallest absolute Gasteiger partial charge is 0.223 e. The van der Waals surface area contributed by atoms with Crippen LogP contribution in [0.1, 0.15) is 5.69 Å². The molecule has 2 rings (SSSR count). The normalized spacial score (nSPS) is 11.0. The van der Waals surface area contributed by atoms with Crippen LogP contribution in [-0.2, 0) is 12.4 Å². The van der Waals surface area contributed by atoms with E-state index in [0.29, 0.717) is 5.33 Å². The summed E-state index contributed by atoms with van der Waals surface area (Å²) in [6.45, 7) is 0. The summed E-state index contributed by atoms with van der Waals surface area (Å²) < 4.78 is 1.74. The minimum absolute atomic E-state index is 0.253. The van der Waals surface area contributed by atoms with Crippen molar-refractivity contribution >= 4 is 38.6 Å². The highest BCUT2D eigenvalue weighted by Gasteiger charge is 2.09. The maximum Gasteiger partial charge on any atom is 0.223 e. The highest BCUT2D eigenvalue weighted by atomic mass is 79.9. The van der Waals surface area contributed by atoms with Crippen molar-refractivity contribution in [3.05, 3.63) is 17.2 Å². The van der Waals surface area contributed by atoms with Crippen LogP contribution in [0.5, 0.6) is 0 Å². The lowest BCUT2D eigenvalue weighted by atomic mass is 10.4. The molecule has 0 bridgehead atoms. The first kappa shape index (κ1) is 8.90. The molecule has 13 heavy (non-hydrogen) atoms. The lowest BCUT2D eigenvalue weighted by Gasteiger charge is -1.91. The van der Waals surface area contributed by atoms with E-state index in [9.17, 15) is 0 Å². The molecule has 6 heteroatoms. The monoisotopic (exact) mass is 260 g/mol. The number of alkyl halides is 1. The second-order valence-electron chi connectivity index (χ2n) is 2.58. The number of halogens is 2. The van der Waals surface area contributed by atoms with Crippen LogP contribution in [0, 0.1) is 0 Å². The van der Waals surface area contributed by atoms with Gasteiger partial charge in [0.25, 0.3) is 0 Å². The van der Waals surface area contributed by atoms with Gasteiger partial charge in [-0.25, -0.2) is 9.97 Å². The third kappa shape index (κ3) is 1.42. The number of hydrogen-bond acceptors (Lipinski definition) is 3. The Morgan fingerprint density at radius 3 is 3.08 bits per heavy atom. The van der Waals surface area contributed by atoms with Gasteiger partial charge in [0.1, 0.15) is 11.0 Å². The van der Waals surface area contributed by atoms with Gasteiger partial charge in [0.05, 0.1) is 11.9 Å². The Morgan fingerprint density at radius 2 is 2.38 bits per heavy atom. The van der Waals surface area contributed by atoms with Gasteiger partial charge in [-0.1, -0.05) is 15.9 Å². The van der Waals surface area contributed by atoms with Gasteiger partial charge in [-0.2, -0.15) is 5.10 Å². The minimum atomic E-state index is 0.253. The zero-order valence-corrected chi connectivity index (χ0v) is 9.17. The van der Waals surface area contributed by atoms with Crippen LogP contribution in [0.3, 0.4) is 0 Å². The molecule has 0 aliphatic heterocycles. The van der Waals surface area contributed by atoms with Crippen LogP contribution in [0.4, 0.5) is 0 Å². The van der Waals surface area contributed by atoms with Crippen LogP contribution < -0.4 is 0 Å². The van der Waals surface area contributed by atoms with Crippen LogP contribution in [0.2, 0.25) is 5.28 Å². The molecule has 0 unspecified atom stereocenters. The largest absolute Gasteiger partial charge is 0.264 e. The van der Waals surface area contributed by atoms with E-state index in [0.717, 1.165) is 16.7 Å². The van der Waals surface area contributed by atoms with Crippen LogP contribution >= 0.6 is 27.5 Å². The van der Waals surface area contributed by atoms with Gasteiger partial charge in [-0.15, -0.1) is 0 Å². The number of hydrogen-bond donors (Lipinski definition) is 0. The summed E-state index contributed by atoms with van der Waals surface area (Å²) in [5.41, 5.74) is 2.57. The molecule has 2 heterocycles. The molecule has 0 aliphatic carbocycles. The van der Waals surface area contributed by atoms with E-state index in [4.69, 9.17) is 11.6 Å². The summed E-state index contributed by atoms with van der Waals surface area (Å²) in [6.07, 6.45) is 1.67. The summed E-state index contributed by atoms with van der Waals surface area (Å²) in [6, 6.07) is 0. The van der Waals surface area contributed by atoms with Crippen molar-refractivity contribution in [1.29, 1.82) is 0 Å². The van der Waals surface area contributed by atoms with E-state index in [1.54, 1.807) is 10.9 Å². The first-order valence-electron chi connectivity index (χ1n) is 3.62. The zero-order valence-electron chi connectivity index (χ0n) is 6.83. The fourth-order valence-electron chi connectivity index (χ4n) is 1.18. The molecule has 4 nitrogen and oxygen atoms in total. The molecule has 0 radical (unpaired) electrons. The standard InChI is InChI=1S/C7H6BrClN4/c1-13-5-3-10-7(9)11-6(5)4(2-8)12-13/h3H,2H2,1H3. The van der Waals surface area contributed by atoms with E-state index in [2.05, 4.69) is 31.0 Å². The molecule has 0 N–H and O–H groups in total. The number of aryl methyl sites for hydroxylation is 1. The topological polar surface area (TPSA) is 43.6 Å². The molecule has 0 spiro atoms. The third-order valence-corrected chi connectivity index (χ3v) is 2.47. The van der Waals surface area contributed by atoms with Gasteiger partial charge in [0.2, 0.25) is 5.28 Å². The molecule has 0 saturated carbocycles. The van der Waals surface area contributed by atoms with Crippen molar-refractivity contribution in [2.24, 2.45) is 7.05 Å². The Hall–Kier alpha value is -0.680. The lowest BCUT2D eigenvalue weighted by Crippen LogP contribution is -1.90. The molecule has 0 saturated heterocycles. The zero-order chi connectivity index (χ0) is 9.42. The maximum absolute atomic E-state index is 5.68. The van der Waals surface area contributed by atoms with Gasteiger partial charge in [-0.05, 0) is 11.6 Å². The quantitative estimate of drug-likeness (QED) is 0.582. The average molecular weight is 262 g/mol. The Bertz CT molecular complexity index is 453. The third-order valence-electron chi connectivity index (χ3n) is 1.76. The first-order chi connectivity index (χ1) is 6.22. The Balaban J connectivity index is 2.81. The van der Waals surface area contributed by atoms with Gasteiger partial charge < -0.3 is 0 Å². The predicted molar refractivity (Wildman–Crippen MR) is 53.9 cm³/mol. The SMILES string of the molecule is Cn1nc(CBr)c2nc(Cl)ncc21. The minimum Gasteiger partial charge on any atom is -0.264 e. The molecule has 2 aromatic rings. The highest BCUT2D eigenvalue weighted by Crippen LogP contribution is 2.18. The highest BCUT2D eigenvalue weighted by molar-refractivity contribution is 9.08. The van der Waals surface area contributed by atoms with E-state index in [1.165, 1.54) is 0 Å². The molecular formula is C7H6BrClN4. The van der Waals surface area contributed by atoms with Crippen molar-refractivity contribution in [3.63, 3.8) is 0 Å². The number of aromatic nitrogens is 4. The molecule has 0 amide bonds. The van der Waals surface area contributed by atoms with Crippen molar-refractivity contribution in [2.45, 2.75) is 5.33 Å². The summed E-state index contributed by atoms with van der Waals surface area (Å²) in [5.74, 6) is 0. The van der Waals surface area contributed by atoms with Gasteiger partial charge in [-0.3, -0.25) is 4.68 Å². The van der Waals surface area contributed by atoms with E-state index in [1.807, 2.05) is 7.05 Å². The fraction of sp³-hybridized carbons (Fsp3) is 0.286. The van der Waals surface area contributed by atoms with Crippen LogP contribution in [0.25, 0.3) is 11.0 Å². The van der Waals surface area contributed by atoms with Crippen molar-refractivity contribution < 1.29 is 0 Å². The molecule has 0 fully saturated rings. The molecule has 0 aromatic carbocycles. The molecule has 2 aromatic heterocycles. The maximum atomic E-state index is 5.68. The Morgan fingerprint density at radius 1 is 1.62 bits per heavy atom. The van der Waals surface area contributed by atoms with E-state index in [-0.39, 0.29) is 5.28 Å². The van der Waals surface area contributed by atoms with Crippen molar-refractivity contribution in [1.82, 2.24) is 19.7 Å². The van der Waals surface area contributed by atoms with Gasteiger partial charge in [0, 0.05) is 12.4 Å². The molecule has 0 atom stereocenters. The Labute approximate surface area is 88.1 Å². The fourth-order valence-corrected chi connectivity index (χ4v) is 1.69. The van der Waals surface area contributed by atoms with Gasteiger partial charge >= 0.3 is 0 Å². The average Bonchev–Trinajstić information content (AvgIpc) is 2.42. The van der Waals surface area contributed by atoms with Crippen LogP contribution in [0.15, 0.2) is 6.20 Å². The number of rotatable bonds is 1. The summed E-state index contributed by atoms with van der Waals surface area (Å²) >= 11 is 9.02. The number of fused-ring (bicyclic) bond motifs is 1.